The standard InChI is InChI=1S/C20H17N5O4S/c1-11-23-9-14(25(11)16-4-2-3-6-22-16)20(28)24-13(17(26)19(21)27)8-12-10-30-15-5-7-29-18(12)15/h2-7,9-10,13H,8H2,1H3,(H2,21,27)(H,24,28). The highest BCUT2D eigenvalue weighted by Crippen LogP contribution is 2.28. The lowest BCUT2D eigenvalue weighted by atomic mass is 10.0. The molecule has 3 N–H and O–H groups in total. The second-order valence-electron chi connectivity index (χ2n) is 6.55. The second-order valence-corrected chi connectivity index (χ2v) is 7.46. The number of carbonyl (C=O) groups excluding carboxylic acids is 3. The first kappa shape index (κ1) is 19.5. The Morgan fingerprint density at radius 2 is 2.10 bits per heavy atom. The number of nitrogens with one attached hydrogen (secondary N) is 1. The summed E-state index contributed by atoms with van der Waals surface area (Å²) in [5.41, 5.74) is 6.71. The molecule has 0 bridgehead atoms. The molecule has 4 aromatic heterocycles. The average molecular weight is 423 g/mol. The number of carbonyl (C=O) groups is 3. The highest BCUT2D eigenvalue weighted by atomic mass is 32.1. The molecule has 0 fully saturated rings. The van der Waals surface area contributed by atoms with Crippen molar-refractivity contribution in [3.8, 4) is 5.82 Å². The Hall–Kier alpha value is -3.79. The number of nitrogens with zero attached hydrogens (tertiary/aromatic N) is 3. The van der Waals surface area contributed by atoms with Crippen molar-refractivity contribution in [3.63, 3.8) is 0 Å². The molecule has 9 nitrogen and oxygen atoms in total. The molecule has 0 aliphatic carbocycles. The smallest absolute Gasteiger partial charge is 0.287 e. The van der Waals surface area contributed by atoms with Crippen molar-refractivity contribution in [3.05, 3.63) is 65.4 Å². The van der Waals surface area contributed by atoms with Crippen LogP contribution in [0.4, 0.5) is 0 Å². The number of nitrogens with two attached hydrogens (primary N) is 1. The predicted octanol–water partition coefficient (Wildman–Crippen LogP) is 1.78. The number of amides is 2. The molecule has 0 aliphatic heterocycles. The van der Waals surface area contributed by atoms with E-state index < -0.39 is 23.6 Å². The Morgan fingerprint density at radius 1 is 1.27 bits per heavy atom. The molecule has 152 valence electrons. The maximum absolute atomic E-state index is 13.0. The summed E-state index contributed by atoms with van der Waals surface area (Å²) in [7, 11) is 0. The number of furan rings is 1. The molecule has 0 saturated heterocycles. The second kappa shape index (κ2) is 7.91. The van der Waals surface area contributed by atoms with E-state index in [1.165, 1.54) is 17.5 Å². The van der Waals surface area contributed by atoms with Gasteiger partial charge in [-0.05, 0) is 30.5 Å². The van der Waals surface area contributed by atoms with E-state index in [-0.39, 0.29) is 12.1 Å². The summed E-state index contributed by atoms with van der Waals surface area (Å²) in [6, 6.07) is 5.93. The van der Waals surface area contributed by atoms with Gasteiger partial charge < -0.3 is 15.5 Å². The Bertz CT molecular complexity index is 1240. The maximum atomic E-state index is 13.0. The number of aryl methyl sites for hydroxylation is 1. The third-order valence-corrected chi connectivity index (χ3v) is 5.56. The van der Waals surface area contributed by atoms with Crippen LogP contribution in [-0.2, 0) is 16.0 Å². The molecular weight excluding hydrogens is 406 g/mol. The van der Waals surface area contributed by atoms with Gasteiger partial charge in [0.2, 0.25) is 5.78 Å². The van der Waals surface area contributed by atoms with E-state index >= 15 is 0 Å². The van der Waals surface area contributed by atoms with Gasteiger partial charge in [-0.25, -0.2) is 9.97 Å². The van der Waals surface area contributed by atoms with Gasteiger partial charge in [-0.3, -0.25) is 19.0 Å². The van der Waals surface area contributed by atoms with E-state index in [1.807, 2.05) is 5.38 Å². The summed E-state index contributed by atoms with van der Waals surface area (Å²) in [5, 5.41) is 4.44. The van der Waals surface area contributed by atoms with Crippen LogP contribution in [0.3, 0.4) is 0 Å². The molecular formula is C20H17N5O4S. The van der Waals surface area contributed by atoms with Crippen LogP contribution in [0.5, 0.6) is 0 Å². The van der Waals surface area contributed by atoms with Crippen LogP contribution in [-0.4, -0.2) is 38.2 Å². The minimum Gasteiger partial charge on any atom is -0.463 e. The molecule has 4 rings (SSSR count). The lowest BCUT2D eigenvalue weighted by molar-refractivity contribution is -0.137. The van der Waals surface area contributed by atoms with Crippen molar-refractivity contribution < 1.29 is 18.8 Å². The number of pyridine rings is 1. The number of primary amides is 1. The zero-order chi connectivity index (χ0) is 21.3. The van der Waals surface area contributed by atoms with Crippen LogP contribution in [0.2, 0.25) is 0 Å². The Kier molecular flexibility index (Phi) is 5.15. The molecule has 2 amide bonds. The zero-order valence-electron chi connectivity index (χ0n) is 15.9. The van der Waals surface area contributed by atoms with Crippen LogP contribution in [0.1, 0.15) is 21.9 Å². The van der Waals surface area contributed by atoms with E-state index in [1.54, 1.807) is 48.2 Å². The molecule has 1 unspecified atom stereocenters. The normalized spacial score (nSPS) is 12.0. The van der Waals surface area contributed by atoms with Crippen molar-refractivity contribution in [1.82, 2.24) is 19.9 Å². The van der Waals surface area contributed by atoms with Gasteiger partial charge >= 0.3 is 0 Å². The van der Waals surface area contributed by atoms with Crippen LogP contribution >= 0.6 is 11.3 Å². The van der Waals surface area contributed by atoms with Crippen LogP contribution in [0.25, 0.3) is 16.1 Å². The third-order valence-electron chi connectivity index (χ3n) is 4.59. The highest BCUT2D eigenvalue weighted by molar-refractivity contribution is 7.17. The van der Waals surface area contributed by atoms with Gasteiger partial charge in [-0.1, -0.05) is 6.07 Å². The van der Waals surface area contributed by atoms with E-state index in [9.17, 15) is 14.4 Å². The number of hydrogen-bond acceptors (Lipinski definition) is 7. The lowest BCUT2D eigenvalue weighted by Gasteiger charge is -2.16. The monoisotopic (exact) mass is 423 g/mol. The van der Waals surface area contributed by atoms with E-state index in [0.717, 1.165) is 4.70 Å². The van der Waals surface area contributed by atoms with Crippen LogP contribution < -0.4 is 11.1 Å². The van der Waals surface area contributed by atoms with Gasteiger partial charge in [0.15, 0.2) is 0 Å². The Labute approximate surface area is 174 Å². The van der Waals surface area contributed by atoms with E-state index in [0.29, 0.717) is 22.8 Å². The van der Waals surface area contributed by atoms with Crippen molar-refractivity contribution in [2.24, 2.45) is 5.73 Å². The fourth-order valence-electron chi connectivity index (χ4n) is 3.17. The van der Waals surface area contributed by atoms with Crippen LogP contribution in [0.15, 0.2) is 52.7 Å². The predicted molar refractivity (Wildman–Crippen MR) is 109 cm³/mol. The zero-order valence-corrected chi connectivity index (χ0v) is 16.7. The molecule has 0 aliphatic rings. The summed E-state index contributed by atoms with van der Waals surface area (Å²) in [4.78, 5) is 45.4. The minimum atomic E-state index is -1.15. The number of Topliss-reactive ketones (excluding diaryl/α,β-unsaturated/α-hetero) is 1. The van der Waals surface area contributed by atoms with E-state index in [4.69, 9.17) is 10.2 Å². The van der Waals surface area contributed by atoms with Crippen LogP contribution in [0, 0.1) is 6.92 Å². The highest BCUT2D eigenvalue weighted by Gasteiger charge is 2.29. The first-order valence-corrected chi connectivity index (χ1v) is 9.87. The van der Waals surface area contributed by atoms with Gasteiger partial charge in [0, 0.05) is 18.2 Å². The number of aromatic nitrogens is 3. The first-order valence-electron chi connectivity index (χ1n) is 8.99. The molecule has 1 atom stereocenters. The minimum absolute atomic E-state index is 0.0672. The molecule has 10 heteroatoms. The topological polar surface area (TPSA) is 133 Å². The van der Waals surface area contributed by atoms with E-state index in [2.05, 4.69) is 15.3 Å². The fourth-order valence-corrected chi connectivity index (χ4v) is 4.06. The number of ketones is 1. The molecule has 0 spiro atoms. The largest absolute Gasteiger partial charge is 0.463 e. The summed E-state index contributed by atoms with van der Waals surface area (Å²) >= 11 is 1.44. The number of fused-ring (bicyclic) bond motifs is 1. The molecule has 4 heterocycles. The number of hydrogen-bond donors (Lipinski definition) is 2. The summed E-state index contributed by atoms with van der Waals surface area (Å²) in [6.45, 7) is 1.73. The van der Waals surface area contributed by atoms with Crippen molar-refractivity contribution in [2.75, 3.05) is 0 Å². The lowest BCUT2D eigenvalue weighted by Crippen LogP contribution is -2.47. The SMILES string of the molecule is Cc1ncc(C(=O)NC(Cc2csc3ccoc23)C(=O)C(N)=O)n1-c1ccccn1. The molecule has 0 saturated carbocycles. The molecule has 4 aromatic rings. The summed E-state index contributed by atoms with van der Waals surface area (Å²) in [6.07, 6.45) is 4.60. The van der Waals surface area contributed by atoms with Gasteiger partial charge in [0.1, 0.15) is 29.0 Å². The Balaban J connectivity index is 1.64. The summed E-state index contributed by atoms with van der Waals surface area (Å²) in [5.74, 6) is -1.54. The molecule has 0 aromatic carbocycles. The van der Waals surface area contributed by atoms with Crippen molar-refractivity contribution >= 4 is 39.2 Å². The summed E-state index contributed by atoms with van der Waals surface area (Å²) < 4.78 is 7.92. The van der Waals surface area contributed by atoms with Gasteiger partial charge in [0.25, 0.3) is 11.8 Å². The van der Waals surface area contributed by atoms with Gasteiger partial charge in [0.05, 0.1) is 17.2 Å². The van der Waals surface area contributed by atoms with Crippen molar-refractivity contribution in [2.45, 2.75) is 19.4 Å². The van der Waals surface area contributed by atoms with Gasteiger partial charge in [-0.2, -0.15) is 0 Å². The average Bonchev–Trinajstić information content (AvgIpc) is 3.44. The number of rotatable bonds is 7. The number of thiophene rings is 1. The third kappa shape index (κ3) is 3.60. The molecule has 30 heavy (non-hydrogen) atoms. The quantitative estimate of drug-likeness (QED) is 0.435. The van der Waals surface area contributed by atoms with Crippen molar-refractivity contribution in [1.29, 1.82) is 0 Å². The molecule has 0 radical (unpaired) electrons. The maximum Gasteiger partial charge on any atom is 0.287 e. The first-order chi connectivity index (χ1) is 14.5. The number of imidazole rings is 1. The van der Waals surface area contributed by atoms with Gasteiger partial charge in [-0.15, -0.1) is 11.3 Å². The Morgan fingerprint density at radius 3 is 2.83 bits per heavy atom. The fraction of sp³-hybridized carbons (Fsp3) is 0.150.